The minimum absolute atomic E-state index is 0.125. The van der Waals surface area contributed by atoms with Crippen LogP contribution in [-0.2, 0) is 11.2 Å². The van der Waals surface area contributed by atoms with Gasteiger partial charge in [-0.15, -0.1) is 11.3 Å². The molecule has 4 rings (SSSR count). The molecule has 0 atom stereocenters. The summed E-state index contributed by atoms with van der Waals surface area (Å²) >= 11 is 1.49. The highest BCUT2D eigenvalue weighted by atomic mass is 32.1. The number of benzene rings is 2. The predicted molar refractivity (Wildman–Crippen MR) is 95.4 cm³/mol. The van der Waals surface area contributed by atoms with Crippen LogP contribution < -0.4 is 5.32 Å². The molecule has 0 spiro atoms. The monoisotopic (exact) mass is 370 g/mol. The Labute approximate surface area is 150 Å². The van der Waals surface area contributed by atoms with Crippen LogP contribution in [0.5, 0.6) is 0 Å². The van der Waals surface area contributed by atoms with E-state index in [0.717, 1.165) is 28.8 Å². The Kier molecular flexibility index (Phi) is 4.18. The maximum atomic E-state index is 13.2. The van der Waals surface area contributed by atoms with Gasteiger partial charge in [-0.05, 0) is 35.9 Å². The van der Waals surface area contributed by atoms with E-state index in [1.54, 1.807) is 24.7 Å². The van der Waals surface area contributed by atoms with E-state index in [9.17, 15) is 13.6 Å². The molecule has 0 fully saturated rings. The zero-order valence-corrected chi connectivity index (χ0v) is 14.1. The van der Waals surface area contributed by atoms with Crippen LogP contribution in [0, 0.1) is 11.6 Å². The van der Waals surface area contributed by atoms with Gasteiger partial charge >= 0.3 is 0 Å². The SMILES string of the molecule is O=C(Cc1cc(F)cc(F)c1)Nc1ccc2c(c1)ncn2-c1nccs1. The van der Waals surface area contributed by atoms with Crippen LogP contribution in [-0.4, -0.2) is 20.4 Å². The van der Waals surface area contributed by atoms with Gasteiger partial charge in [0.25, 0.3) is 0 Å². The highest BCUT2D eigenvalue weighted by molar-refractivity contribution is 7.12. The quantitative estimate of drug-likeness (QED) is 0.592. The smallest absolute Gasteiger partial charge is 0.228 e. The van der Waals surface area contributed by atoms with E-state index in [2.05, 4.69) is 15.3 Å². The molecule has 4 aromatic rings. The van der Waals surface area contributed by atoms with Crippen molar-refractivity contribution in [3.8, 4) is 5.13 Å². The number of aromatic nitrogens is 3. The van der Waals surface area contributed by atoms with Crippen LogP contribution in [0.2, 0.25) is 0 Å². The van der Waals surface area contributed by atoms with Gasteiger partial charge in [-0.25, -0.2) is 18.7 Å². The van der Waals surface area contributed by atoms with Crippen molar-refractivity contribution in [1.82, 2.24) is 14.5 Å². The van der Waals surface area contributed by atoms with Crippen LogP contribution >= 0.6 is 11.3 Å². The normalized spacial score (nSPS) is 11.0. The molecule has 26 heavy (non-hydrogen) atoms. The summed E-state index contributed by atoms with van der Waals surface area (Å²) < 4.78 is 28.3. The molecule has 0 radical (unpaired) electrons. The van der Waals surface area contributed by atoms with Gasteiger partial charge < -0.3 is 5.32 Å². The molecule has 2 aromatic carbocycles. The third-order valence-corrected chi connectivity index (χ3v) is 4.51. The van der Waals surface area contributed by atoms with E-state index < -0.39 is 11.6 Å². The second kappa shape index (κ2) is 6.64. The van der Waals surface area contributed by atoms with Crippen molar-refractivity contribution < 1.29 is 13.6 Å². The fraction of sp³-hybridized carbons (Fsp3) is 0.0556. The molecule has 2 aromatic heterocycles. The van der Waals surface area contributed by atoms with Crippen molar-refractivity contribution in [1.29, 1.82) is 0 Å². The molecule has 0 saturated carbocycles. The number of carbonyl (C=O) groups excluding carboxylic acids is 1. The molecule has 8 heteroatoms. The number of nitrogens with one attached hydrogen (secondary N) is 1. The van der Waals surface area contributed by atoms with Gasteiger partial charge in [-0.1, -0.05) is 0 Å². The number of hydrogen-bond acceptors (Lipinski definition) is 4. The maximum absolute atomic E-state index is 13.2. The molecule has 130 valence electrons. The number of thiazole rings is 1. The summed E-state index contributed by atoms with van der Waals surface area (Å²) in [6.07, 6.45) is 3.26. The van der Waals surface area contributed by atoms with Gasteiger partial charge in [0, 0.05) is 23.3 Å². The molecule has 1 amide bonds. The molecule has 0 aliphatic heterocycles. The molecule has 5 nitrogen and oxygen atoms in total. The summed E-state index contributed by atoms with van der Waals surface area (Å²) in [7, 11) is 0. The van der Waals surface area contributed by atoms with Crippen molar-refractivity contribution in [2.45, 2.75) is 6.42 Å². The minimum atomic E-state index is -0.707. The fourth-order valence-corrected chi connectivity index (χ4v) is 3.31. The summed E-state index contributed by atoms with van der Waals surface area (Å²) in [6.45, 7) is 0. The topological polar surface area (TPSA) is 59.8 Å². The number of rotatable bonds is 4. The Balaban J connectivity index is 1.53. The van der Waals surface area contributed by atoms with E-state index in [4.69, 9.17) is 0 Å². The van der Waals surface area contributed by atoms with E-state index in [1.807, 2.05) is 16.0 Å². The molecule has 0 unspecified atom stereocenters. The number of amides is 1. The first-order chi connectivity index (χ1) is 12.6. The number of nitrogens with zero attached hydrogens (tertiary/aromatic N) is 3. The molecule has 2 heterocycles. The minimum Gasteiger partial charge on any atom is -0.326 e. The lowest BCUT2D eigenvalue weighted by Crippen LogP contribution is -2.14. The van der Waals surface area contributed by atoms with Crippen molar-refractivity contribution in [3.63, 3.8) is 0 Å². The lowest BCUT2D eigenvalue weighted by Gasteiger charge is -2.06. The van der Waals surface area contributed by atoms with Crippen molar-refractivity contribution in [2.24, 2.45) is 0 Å². The summed E-state index contributed by atoms with van der Waals surface area (Å²) in [5, 5.41) is 5.40. The van der Waals surface area contributed by atoms with E-state index in [0.29, 0.717) is 11.2 Å². The molecule has 1 N–H and O–H groups in total. The predicted octanol–water partition coefficient (Wildman–Crippen LogP) is 3.94. The van der Waals surface area contributed by atoms with E-state index in [1.165, 1.54) is 11.3 Å². The summed E-state index contributed by atoms with van der Waals surface area (Å²) in [5.74, 6) is -1.78. The zero-order chi connectivity index (χ0) is 18.1. The number of carbonyl (C=O) groups is 1. The lowest BCUT2D eigenvalue weighted by atomic mass is 10.1. The zero-order valence-electron chi connectivity index (χ0n) is 13.3. The summed E-state index contributed by atoms with van der Waals surface area (Å²) in [6, 6.07) is 8.38. The van der Waals surface area contributed by atoms with Crippen LogP contribution in [0.15, 0.2) is 54.3 Å². The Hall–Kier alpha value is -3.13. The van der Waals surface area contributed by atoms with Crippen molar-refractivity contribution in [3.05, 3.63) is 71.5 Å². The Bertz CT molecular complexity index is 1070. The van der Waals surface area contributed by atoms with E-state index in [-0.39, 0.29) is 17.9 Å². The maximum Gasteiger partial charge on any atom is 0.228 e. The largest absolute Gasteiger partial charge is 0.326 e. The van der Waals surface area contributed by atoms with Gasteiger partial charge in [-0.3, -0.25) is 9.36 Å². The average Bonchev–Trinajstić information content (AvgIpc) is 3.22. The number of anilines is 1. The van der Waals surface area contributed by atoms with Crippen LogP contribution in [0.4, 0.5) is 14.5 Å². The van der Waals surface area contributed by atoms with Crippen molar-refractivity contribution in [2.75, 3.05) is 5.32 Å². The lowest BCUT2D eigenvalue weighted by molar-refractivity contribution is -0.115. The molecule has 0 saturated heterocycles. The Morgan fingerprint density at radius 2 is 1.92 bits per heavy atom. The number of hydrogen-bond donors (Lipinski definition) is 1. The fourth-order valence-electron chi connectivity index (χ4n) is 2.68. The molecular weight excluding hydrogens is 358 g/mol. The number of halogens is 2. The van der Waals surface area contributed by atoms with Gasteiger partial charge in [0.2, 0.25) is 5.91 Å². The van der Waals surface area contributed by atoms with Crippen LogP contribution in [0.3, 0.4) is 0 Å². The number of fused-ring (bicyclic) bond motifs is 1. The van der Waals surface area contributed by atoms with E-state index >= 15 is 0 Å². The van der Waals surface area contributed by atoms with Gasteiger partial charge in [0.1, 0.15) is 18.0 Å². The standard InChI is InChI=1S/C18H12F2N4OS/c19-12-5-11(6-13(20)8-12)7-17(25)23-14-1-2-16-15(9-14)22-10-24(16)18-21-3-4-26-18/h1-6,8-10H,7H2,(H,23,25). The number of imidazole rings is 1. The average molecular weight is 370 g/mol. The van der Waals surface area contributed by atoms with Crippen molar-refractivity contribution >= 4 is 34.0 Å². The molecular formula is C18H12F2N4OS. The molecule has 0 aliphatic rings. The summed E-state index contributed by atoms with van der Waals surface area (Å²) in [5.41, 5.74) is 2.40. The second-order valence-electron chi connectivity index (χ2n) is 5.64. The highest BCUT2D eigenvalue weighted by Gasteiger charge is 2.10. The first-order valence-electron chi connectivity index (χ1n) is 7.70. The first kappa shape index (κ1) is 16.3. The first-order valence-corrected chi connectivity index (χ1v) is 8.58. The van der Waals surface area contributed by atoms with Gasteiger partial charge in [0.05, 0.1) is 17.5 Å². The third-order valence-electron chi connectivity index (χ3n) is 3.74. The molecule has 0 bridgehead atoms. The van der Waals surface area contributed by atoms with Crippen LogP contribution in [0.1, 0.15) is 5.56 Å². The highest BCUT2D eigenvalue weighted by Crippen LogP contribution is 2.22. The molecule has 0 aliphatic carbocycles. The van der Waals surface area contributed by atoms with Gasteiger partial charge in [0.15, 0.2) is 5.13 Å². The van der Waals surface area contributed by atoms with Gasteiger partial charge in [-0.2, -0.15) is 0 Å². The Morgan fingerprint density at radius 3 is 2.65 bits per heavy atom. The summed E-state index contributed by atoms with van der Waals surface area (Å²) in [4.78, 5) is 20.7. The Morgan fingerprint density at radius 1 is 1.12 bits per heavy atom. The second-order valence-corrected chi connectivity index (χ2v) is 6.51. The third kappa shape index (κ3) is 3.31. The van der Waals surface area contributed by atoms with Crippen LogP contribution in [0.25, 0.3) is 16.2 Å².